The number of amides is 1. The topological polar surface area (TPSA) is 107 Å². The monoisotopic (exact) mass is 392 g/mol. The van der Waals surface area contributed by atoms with Crippen LogP contribution in [0.2, 0.25) is 0 Å². The van der Waals surface area contributed by atoms with Gasteiger partial charge < -0.3 is 24.7 Å². The molecule has 2 fully saturated rings. The second-order valence-electron chi connectivity index (χ2n) is 7.69. The quantitative estimate of drug-likeness (QED) is 0.593. The van der Waals surface area contributed by atoms with Gasteiger partial charge in [0.05, 0.1) is 11.0 Å². The number of carboxylic acid groups (broad SMARTS) is 1. The molecule has 1 aromatic carbocycles. The van der Waals surface area contributed by atoms with Gasteiger partial charge >= 0.3 is 5.97 Å². The van der Waals surface area contributed by atoms with E-state index in [1.807, 2.05) is 25.9 Å². The third kappa shape index (κ3) is 4.81. The predicted octanol–water partition coefficient (Wildman–Crippen LogP) is 1.50. The fourth-order valence-electron chi connectivity index (χ4n) is 3.88. The number of aryl methyl sites for hydroxylation is 1. The first-order valence-corrected chi connectivity index (χ1v) is 9.25. The maximum atomic E-state index is 12.7. The number of nitrogens with zero attached hydrogens (tertiary/aromatic N) is 2. The first kappa shape index (κ1) is 21.7. The summed E-state index contributed by atoms with van der Waals surface area (Å²) in [5.41, 5.74) is 0.808. The van der Waals surface area contributed by atoms with E-state index in [1.165, 1.54) is 0 Å². The molecule has 2 heterocycles. The van der Waals surface area contributed by atoms with Gasteiger partial charge in [-0.3, -0.25) is 14.4 Å². The number of carbonyl (C=O) groups is 3. The van der Waals surface area contributed by atoms with Gasteiger partial charge in [0, 0.05) is 26.1 Å². The van der Waals surface area contributed by atoms with Crippen LogP contribution in [-0.4, -0.2) is 78.2 Å². The van der Waals surface area contributed by atoms with E-state index < -0.39 is 5.41 Å². The fraction of sp³-hybridized carbons (Fsp3) is 0.550. The van der Waals surface area contributed by atoms with Crippen molar-refractivity contribution in [3.63, 3.8) is 0 Å². The Morgan fingerprint density at radius 1 is 1.36 bits per heavy atom. The molecule has 8 nitrogen and oxygen atoms in total. The van der Waals surface area contributed by atoms with Crippen molar-refractivity contribution < 1.29 is 29.3 Å². The molecule has 0 bridgehead atoms. The molecule has 2 N–H and O–H groups in total. The Labute approximate surface area is 164 Å². The number of carbonyl (C=O) groups excluding carboxylic acids is 2. The van der Waals surface area contributed by atoms with Crippen molar-refractivity contribution in [2.45, 2.75) is 32.3 Å². The van der Waals surface area contributed by atoms with Gasteiger partial charge in [-0.05, 0) is 46.0 Å². The molecule has 3 rings (SSSR count). The van der Waals surface area contributed by atoms with Crippen molar-refractivity contribution in [1.29, 1.82) is 0 Å². The molecule has 1 unspecified atom stereocenters. The highest BCUT2D eigenvalue weighted by molar-refractivity contribution is 5.97. The van der Waals surface area contributed by atoms with Crippen LogP contribution in [-0.2, 0) is 14.3 Å². The molecule has 2 saturated heterocycles. The standard InChI is InChI=1S/C19H26N2O4.CH2O2/c1-13-4-5-16(22)15(10-13)17(23)21-8-6-19(7-9-21)11-14(12-20(2)3)25-18(19)24;2-1-3/h4-5,10,14,22H,6-9,11-12H2,1-3H3;1H,(H,2,3). The maximum Gasteiger partial charge on any atom is 0.312 e. The number of piperidine rings is 1. The number of cyclic esters (lactones) is 1. The van der Waals surface area contributed by atoms with Gasteiger partial charge in [0.1, 0.15) is 11.9 Å². The lowest BCUT2D eigenvalue weighted by Gasteiger charge is -2.36. The average molecular weight is 392 g/mol. The van der Waals surface area contributed by atoms with E-state index in [0.717, 1.165) is 18.5 Å². The SMILES string of the molecule is Cc1ccc(O)c(C(=O)N2CCC3(CC2)CC(CN(C)C)OC3=O)c1.O=CO. The van der Waals surface area contributed by atoms with Gasteiger partial charge in [-0.1, -0.05) is 11.6 Å². The van der Waals surface area contributed by atoms with Crippen molar-refractivity contribution in [2.24, 2.45) is 5.41 Å². The van der Waals surface area contributed by atoms with Crippen LogP contribution in [0.3, 0.4) is 0 Å². The van der Waals surface area contributed by atoms with Crippen LogP contribution in [0.15, 0.2) is 18.2 Å². The summed E-state index contributed by atoms with van der Waals surface area (Å²) in [6.45, 7) is 3.39. The number of phenolic OH excluding ortho intramolecular Hbond substituents is 1. The van der Waals surface area contributed by atoms with E-state index in [1.54, 1.807) is 23.1 Å². The lowest BCUT2D eigenvalue weighted by molar-refractivity contribution is -0.150. The van der Waals surface area contributed by atoms with Crippen LogP contribution in [0.4, 0.5) is 0 Å². The number of hydrogen-bond acceptors (Lipinski definition) is 6. The Morgan fingerprint density at radius 3 is 2.54 bits per heavy atom. The van der Waals surface area contributed by atoms with Crippen molar-refractivity contribution in [2.75, 3.05) is 33.7 Å². The highest BCUT2D eigenvalue weighted by atomic mass is 16.6. The van der Waals surface area contributed by atoms with Crippen LogP contribution in [0, 0.1) is 12.3 Å². The zero-order valence-electron chi connectivity index (χ0n) is 16.6. The van der Waals surface area contributed by atoms with Crippen LogP contribution in [0.1, 0.15) is 35.2 Å². The Bertz CT molecular complexity index is 725. The van der Waals surface area contributed by atoms with Gasteiger partial charge in [-0.25, -0.2) is 0 Å². The minimum atomic E-state index is -0.452. The first-order valence-electron chi connectivity index (χ1n) is 9.25. The zero-order chi connectivity index (χ0) is 20.9. The highest BCUT2D eigenvalue weighted by Gasteiger charge is 2.50. The number of rotatable bonds is 3. The number of likely N-dealkylation sites (tertiary alicyclic amines) is 1. The molecule has 1 aromatic rings. The summed E-state index contributed by atoms with van der Waals surface area (Å²) in [5, 5.41) is 16.9. The summed E-state index contributed by atoms with van der Waals surface area (Å²) >= 11 is 0. The largest absolute Gasteiger partial charge is 0.507 e. The van der Waals surface area contributed by atoms with E-state index in [9.17, 15) is 14.7 Å². The Hall–Kier alpha value is -2.61. The Kier molecular flexibility index (Phi) is 7.01. The number of likely N-dealkylation sites (N-methyl/N-ethyl adjacent to an activating group) is 1. The fourth-order valence-corrected chi connectivity index (χ4v) is 3.88. The van der Waals surface area contributed by atoms with Gasteiger partial charge in [-0.2, -0.15) is 0 Å². The van der Waals surface area contributed by atoms with Gasteiger partial charge in [0.15, 0.2) is 0 Å². The van der Waals surface area contributed by atoms with Crippen molar-refractivity contribution in [3.8, 4) is 5.75 Å². The van der Waals surface area contributed by atoms with E-state index in [2.05, 4.69) is 0 Å². The number of benzene rings is 1. The maximum absolute atomic E-state index is 12.7. The molecule has 0 radical (unpaired) electrons. The molecule has 0 saturated carbocycles. The summed E-state index contributed by atoms with van der Waals surface area (Å²) in [6.07, 6.45) is 1.90. The van der Waals surface area contributed by atoms with Gasteiger partial charge in [-0.15, -0.1) is 0 Å². The predicted molar refractivity (Wildman–Crippen MR) is 102 cm³/mol. The number of hydrogen-bond donors (Lipinski definition) is 2. The van der Waals surface area contributed by atoms with E-state index in [4.69, 9.17) is 14.6 Å². The molecule has 154 valence electrons. The third-order valence-electron chi connectivity index (χ3n) is 5.28. The second-order valence-corrected chi connectivity index (χ2v) is 7.69. The van der Waals surface area contributed by atoms with Crippen LogP contribution in [0.25, 0.3) is 0 Å². The first-order chi connectivity index (χ1) is 13.2. The molecule has 1 spiro atoms. The van der Waals surface area contributed by atoms with E-state index in [-0.39, 0.29) is 30.2 Å². The molecule has 1 atom stereocenters. The zero-order valence-corrected chi connectivity index (χ0v) is 16.6. The van der Waals surface area contributed by atoms with Gasteiger partial charge in [0.2, 0.25) is 0 Å². The molecule has 0 aromatic heterocycles. The minimum Gasteiger partial charge on any atom is -0.507 e. The van der Waals surface area contributed by atoms with Crippen molar-refractivity contribution in [3.05, 3.63) is 29.3 Å². The Balaban J connectivity index is 0.000000878. The molecule has 28 heavy (non-hydrogen) atoms. The lowest BCUT2D eigenvalue weighted by Crippen LogP contribution is -2.45. The van der Waals surface area contributed by atoms with E-state index in [0.29, 0.717) is 31.5 Å². The number of aromatic hydroxyl groups is 1. The number of phenols is 1. The van der Waals surface area contributed by atoms with Gasteiger partial charge in [0.25, 0.3) is 12.4 Å². The molecule has 1 amide bonds. The lowest BCUT2D eigenvalue weighted by atomic mass is 9.76. The molecule has 2 aliphatic heterocycles. The highest BCUT2D eigenvalue weighted by Crippen LogP contribution is 2.43. The van der Waals surface area contributed by atoms with Crippen molar-refractivity contribution in [1.82, 2.24) is 9.80 Å². The van der Waals surface area contributed by atoms with Crippen molar-refractivity contribution >= 4 is 18.3 Å². The average Bonchev–Trinajstić information content (AvgIpc) is 2.92. The summed E-state index contributed by atoms with van der Waals surface area (Å²) < 4.78 is 5.56. The molecular formula is C20H28N2O6. The van der Waals surface area contributed by atoms with Crippen LogP contribution in [0.5, 0.6) is 5.75 Å². The summed E-state index contributed by atoms with van der Waals surface area (Å²) in [4.78, 5) is 37.2. The minimum absolute atomic E-state index is 0.00205. The normalized spacial score (nSPS) is 20.5. The molecule has 8 heteroatoms. The second kappa shape index (κ2) is 9.05. The number of ether oxygens (including phenoxy) is 1. The molecular weight excluding hydrogens is 364 g/mol. The van der Waals surface area contributed by atoms with Crippen LogP contribution < -0.4 is 0 Å². The third-order valence-corrected chi connectivity index (χ3v) is 5.28. The van der Waals surface area contributed by atoms with Crippen LogP contribution >= 0.6 is 0 Å². The summed E-state index contributed by atoms with van der Waals surface area (Å²) in [7, 11) is 3.93. The summed E-state index contributed by atoms with van der Waals surface area (Å²) in [5.74, 6) is -0.292. The molecule has 0 aliphatic carbocycles. The van der Waals surface area contributed by atoms with E-state index >= 15 is 0 Å². The molecule has 2 aliphatic rings. The number of esters is 1. The smallest absolute Gasteiger partial charge is 0.312 e. The Morgan fingerprint density at radius 2 is 1.96 bits per heavy atom. The summed E-state index contributed by atoms with van der Waals surface area (Å²) in [6, 6.07) is 5.03.